The first-order chi connectivity index (χ1) is 9.11. The summed E-state index contributed by atoms with van der Waals surface area (Å²) in [5, 5.41) is 4.09. The number of aromatic nitrogens is 2. The molecular formula is C13H12ClFN2O2. The highest BCUT2D eigenvalue weighted by molar-refractivity contribution is 6.31. The maximum atomic E-state index is 13.3. The highest BCUT2D eigenvalue weighted by atomic mass is 35.5. The zero-order chi connectivity index (χ0) is 13.8. The molecule has 2 aromatic rings. The van der Waals surface area contributed by atoms with Crippen molar-refractivity contribution in [3.63, 3.8) is 0 Å². The SMILES string of the molecule is CCOC(=O)c1cnn(Cc2cccc(F)c2Cl)c1. The van der Waals surface area contributed by atoms with Gasteiger partial charge in [-0.15, -0.1) is 0 Å². The summed E-state index contributed by atoms with van der Waals surface area (Å²) in [5.74, 6) is -0.906. The molecule has 0 atom stereocenters. The van der Waals surface area contributed by atoms with Gasteiger partial charge in [-0.2, -0.15) is 5.10 Å². The van der Waals surface area contributed by atoms with Crippen molar-refractivity contribution in [2.45, 2.75) is 13.5 Å². The molecule has 0 aliphatic carbocycles. The number of nitrogens with zero attached hydrogens (tertiary/aromatic N) is 2. The average molecular weight is 283 g/mol. The van der Waals surface area contributed by atoms with Crippen LogP contribution in [0, 0.1) is 5.82 Å². The second-order valence-corrected chi connectivity index (χ2v) is 4.24. The van der Waals surface area contributed by atoms with Gasteiger partial charge in [-0.1, -0.05) is 23.7 Å². The van der Waals surface area contributed by atoms with Gasteiger partial charge in [0.1, 0.15) is 5.82 Å². The molecule has 4 nitrogen and oxygen atoms in total. The average Bonchev–Trinajstić information content (AvgIpc) is 2.84. The largest absolute Gasteiger partial charge is 0.462 e. The molecule has 0 saturated carbocycles. The second-order valence-electron chi connectivity index (χ2n) is 3.86. The third kappa shape index (κ3) is 3.12. The van der Waals surface area contributed by atoms with Crippen molar-refractivity contribution in [1.29, 1.82) is 0 Å². The van der Waals surface area contributed by atoms with Crippen LogP contribution in [0.1, 0.15) is 22.8 Å². The van der Waals surface area contributed by atoms with E-state index in [1.165, 1.54) is 16.9 Å². The summed E-state index contributed by atoms with van der Waals surface area (Å²) in [6.45, 7) is 2.32. The molecule has 0 bridgehead atoms. The van der Waals surface area contributed by atoms with Crippen molar-refractivity contribution in [3.8, 4) is 0 Å². The minimum Gasteiger partial charge on any atom is -0.462 e. The molecule has 0 fully saturated rings. The lowest BCUT2D eigenvalue weighted by Crippen LogP contribution is -2.04. The van der Waals surface area contributed by atoms with Crippen LogP contribution in [0.3, 0.4) is 0 Å². The Labute approximate surface area is 114 Å². The summed E-state index contributed by atoms with van der Waals surface area (Å²) < 4.78 is 19.6. The summed E-state index contributed by atoms with van der Waals surface area (Å²) >= 11 is 5.85. The predicted octanol–water partition coefficient (Wildman–Crippen LogP) is 2.90. The second kappa shape index (κ2) is 5.84. The van der Waals surface area contributed by atoms with Crippen LogP contribution in [0.4, 0.5) is 4.39 Å². The standard InChI is InChI=1S/C13H12ClFN2O2/c1-2-19-13(18)10-6-16-17(8-10)7-9-4-3-5-11(15)12(9)14/h3-6,8H,2,7H2,1H3. The number of benzene rings is 1. The smallest absolute Gasteiger partial charge is 0.341 e. The highest BCUT2D eigenvalue weighted by Crippen LogP contribution is 2.20. The van der Waals surface area contributed by atoms with E-state index < -0.39 is 11.8 Å². The molecule has 0 radical (unpaired) electrons. The van der Waals surface area contributed by atoms with Crippen LogP contribution in [-0.4, -0.2) is 22.4 Å². The Bertz CT molecular complexity index is 598. The van der Waals surface area contributed by atoms with E-state index in [4.69, 9.17) is 16.3 Å². The quantitative estimate of drug-likeness (QED) is 0.810. The van der Waals surface area contributed by atoms with Crippen molar-refractivity contribution in [2.24, 2.45) is 0 Å². The lowest BCUT2D eigenvalue weighted by atomic mass is 10.2. The first-order valence-electron chi connectivity index (χ1n) is 5.74. The maximum absolute atomic E-state index is 13.3. The number of carbonyl (C=O) groups is 1. The Morgan fingerprint density at radius 2 is 2.32 bits per heavy atom. The van der Waals surface area contributed by atoms with Crippen LogP contribution in [0.2, 0.25) is 5.02 Å². The van der Waals surface area contributed by atoms with Crippen LogP contribution < -0.4 is 0 Å². The maximum Gasteiger partial charge on any atom is 0.341 e. The van der Waals surface area contributed by atoms with E-state index in [9.17, 15) is 9.18 Å². The summed E-state index contributed by atoms with van der Waals surface area (Å²) in [6.07, 6.45) is 2.95. The van der Waals surface area contributed by atoms with E-state index in [2.05, 4.69) is 5.10 Å². The van der Waals surface area contributed by atoms with Crippen LogP contribution in [0.15, 0.2) is 30.6 Å². The predicted molar refractivity (Wildman–Crippen MR) is 68.7 cm³/mol. The number of rotatable bonds is 4. The molecule has 1 aromatic carbocycles. The molecule has 0 spiro atoms. The van der Waals surface area contributed by atoms with Crippen molar-refractivity contribution >= 4 is 17.6 Å². The van der Waals surface area contributed by atoms with Gasteiger partial charge in [-0.05, 0) is 18.6 Å². The molecule has 6 heteroatoms. The van der Waals surface area contributed by atoms with Gasteiger partial charge in [-0.3, -0.25) is 4.68 Å². The zero-order valence-corrected chi connectivity index (χ0v) is 11.0. The first kappa shape index (κ1) is 13.5. The Hall–Kier alpha value is -1.88. The summed E-state index contributed by atoms with van der Waals surface area (Å²) in [5.41, 5.74) is 0.953. The topological polar surface area (TPSA) is 44.1 Å². The number of hydrogen-bond acceptors (Lipinski definition) is 3. The van der Waals surface area contributed by atoms with Crippen LogP contribution in [0.25, 0.3) is 0 Å². The van der Waals surface area contributed by atoms with E-state index in [-0.39, 0.29) is 11.6 Å². The van der Waals surface area contributed by atoms with E-state index in [0.717, 1.165) is 0 Å². The Morgan fingerprint density at radius 3 is 3.05 bits per heavy atom. The molecule has 0 saturated heterocycles. The minimum absolute atomic E-state index is 0.0654. The first-order valence-corrected chi connectivity index (χ1v) is 6.12. The Kier molecular flexibility index (Phi) is 4.16. The van der Waals surface area contributed by atoms with Crippen molar-refractivity contribution < 1.29 is 13.9 Å². The molecule has 1 heterocycles. The molecule has 0 amide bonds. The third-order valence-corrected chi connectivity index (χ3v) is 2.93. The molecule has 0 N–H and O–H groups in total. The lowest BCUT2D eigenvalue weighted by Gasteiger charge is -2.05. The number of esters is 1. The number of ether oxygens (including phenoxy) is 1. The fourth-order valence-electron chi connectivity index (χ4n) is 1.61. The van der Waals surface area contributed by atoms with Gasteiger partial charge < -0.3 is 4.74 Å². The van der Waals surface area contributed by atoms with Crippen LogP contribution in [0.5, 0.6) is 0 Å². The molecule has 0 aliphatic rings. The number of carbonyl (C=O) groups excluding carboxylic acids is 1. The third-order valence-electron chi connectivity index (χ3n) is 2.51. The van der Waals surface area contributed by atoms with E-state index in [1.54, 1.807) is 25.3 Å². The molecule has 0 aliphatic heterocycles. The normalized spacial score (nSPS) is 10.5. The van der Waals surface area contributed by atoms with Crippen molar-refractivity contribution in [1.82, 2.24) is 9.78 Å². The van der Waals surface area contributed by atoms with Gasteiger partial charge in [0.25, 0.3) is 0 Å². The molecule has 2 rings (SSSR count). The Morgan fingerprint density at radius 1 is 1.53 bits per heavy atom. The zero-order valence-electron chi connectivity index (χ0n) is 10.3. The molecule has 19 heavy (non-hydrogen) atoms. The molecular weight excluding hydrogens is 271 g/mol. The molecule has 100 valence electrons. The summed E-state index contributed by atoms with van der Waals surface area (Å²) in [7, 11) is 0. The fourth-order valence-corrected chi connectivity index (χ4v) is 1.80. The Balaban J connectivity index is 2.16. The van der Waals surface area contributed by atoms with Crippen molar-refractivity contribution in [2.75, 3.05) is 6.61 Å². The monoisotopic (exact) mass is 282 g/mol. The van der Waals surface area contributed by atoms with E-state index in [0.29, 0.717) is 17.7 Å². The van der Waals surface area contributed by atoms with Crippen LogP contribution >= 0.6 is 11.6 Å². The lowest BCUT2D eigenvalue weighted by molar-refractivity contribution is 0.0526. The van der Waals surface area contributed by atoms with Gasteiger partial charge in [0.2, 0.25) is 0 Å². The van der Waals surface area contributed by atoms with Gasteiger partial charge in [0.15, 0.2) is 0 Å². The molecule has 1 aromatic heterocycles. The summed E-state index contributed by atoms with van der Waals surface area (Å²) in [4.78, 5) is 11.5. The van der Waals surface area contributed by atoms with Gasteiger partial charge in [-0.25, -0.2) is 9.18 Å². The summed E-state index contributed by atoms with van der Waals surface area (Å²) in [6, 6.07) is 4.57. The van der Waals surface area contributed by atoms with Gasteiger partial charge in [0, 0.05) is 6.20 Å². The van der Waals surface area contributed by atoms with Crippen LogP contribution in [-0.2, 0) is 11.3 Å². The van der Waals surface area contributed by atoms with E-state index in [1.807, 2.05) is 0 Å². The highest BCUT2D eigenvalue weighted by Gasteiger charge is 2.11. The fraction of sp³-hybridized carbons (Fsp3) is 0.231. The number of halogens is 2. The van der Waals surface area contributed by atoms with E-state index >= 15 is 0 Å². The number of hydrogen-bond donors (Lipinski definition) is 0. The van der Waals surface area contributed by atoms with Gasteiger partial charge in [0.05, 0.1) is 29.9 Å². The van der Waals surface area contributed by atoms with Crippen molar-refractivity contribution in [3.05, 3.63) is 52.6 Å². The van der Waals surface area contributed by atoms with Gasteiger partial charge >= 0.3 is 5.97 Å². The molecule has 0 unspecified atom stereocenters. The minimum atomic E-state index is -0.475.